The third kappa shape index (κ3) is 4.27. The average molecular weight is 386 g/mol. The second-order valence-electron chi connectivity index (χ2n) is 6.22. The average Bonchev–Trinajstić information content (AvgIpc) is 2.78. The highest BCUT2D eigenvalue weighted by Crippen LogP contribution is 2.38. The Kier molecular flexibility index (Phi) is 5.24. The summed E-state index contributed by atoms with van der Waals surface area (Å²) in [5, 5.41) is 0.432. The molecule has 0 aromatic heterocycles. The van der Waals surface area contributed by atoms with Crippen molar-refractivity contribution in [1.29, 1.82) is 0 Å². The lowest BCUT2D eigenvalue weighted by atomic mass is 10.1. The minimum atomic E-state index is -3.03. The maximum absolute atomic E-state index is 12.3. The molecule has 1 aromatic rings. The molecule has 2 aliphatic rings. The van der Waals surface area contributed by atoms with Gasteiger partial charge < -0.3 is 14.4 Å². The van der Waals surface area contributed by atoms with Crippen molar-refractivity contribution in [2.75, 3.05) is 31.8 Å². The van der Waals surface area contributed by atoms with Gasteiger partial charge in [0.25, 0.3) is 0 Å². The van der Waals surface area contributed by atoms with Crippen LogP contribution in [0.2, 0.25) is 5.02 Å². The maximum atomic E-state index is 12.3. The molecule has 0 unspecified atom stereocenters. The largest absolute Gasteiger partial charge is 0.489 e. The summed E-state index contributed by atoms with van der Waals surface area (Å²) in [7, 11) is -1.40. The van der Waals surface area contributed by atoms with Crippen molar-refractivity contribution in [3.8, 4) is 11.5 Å². The second-order valence-corrected chi connectivity index (χ2v) is 8.86. The number of benzene rings is 1. The molecule has 0 spiro atoms. The highest BCUT2D eigenvalue weighted by Gasteiger charge is 2.32. The number of carbonyl (C=O) groups is 1. The molecular formula is C17H20ClNO5S. The number of halogens is 1. The summed E-state index contributed by atoms with van der Waals surface area (Å²) in [6, 6.07) is 3.21. The SMILES string of the molecule is CN(C(=O)/C=C/c1cc(Cl)c2c(c1)OCCCO2)[C@@H]1CCS(=O)(=O)C1. The lowest BCUT2D eigenvalue weighted by Crippen LogP contribution is -2.36. The molecular weight excluding hydrogens is 366 g/mol. The molecule has 8 heteroatoms. The van der Waals surface area contributed by atoms with Gasteiger partial charge in [0.05, 0.1) is 29.7 Å². The molecule has 25 heavy (non-hydrogen) atoms. The van der Waals surface area contributed by atoms with E-state index >= 15 is 0 Å². The zero-order valence-corrected chi connectivity index (χ0v) is 15.5. The molecule has 1 aromatic carbocycles. The molecule has 1 atom stereocenters. The lowest BCUT2D eigenvalue weighted by molar-refractivity contribution is -0.126. The van der Waals surface area contributed by atoms with E-state index in [2.05, 4.69) is 0 Å². The molecule has 6 nitrogen and oxygen atoms in total. The van der Waals surface area contributed by atoms with E-state index in [0.717, 1.165) is 12.0 Å². The van der Waals surface area contributed by atoms with Crippen LogP contribution in [0.5, 0.6) is 11.5 Å². The molecule has 136 valence electrons. The number of hydrogen-bond donors (Lipinski definition) is 0. The Morgan fingerprint density at radius 1 is 1.32 bits per heavy atom. The highest BCUT2D eigenvalue weighted by molar-refractivity contribution is 7.91. The van der Waals surface area contributed by atoms with Crippen LogP contribution >= 0.6 is 11.6 Å². The first-order chi connectivity index (χ1) is 11.9. The molecule has 3 rings (SSSR count). The van der Waals surface area contributed by atoms with Crippen LogP contribution in [-0.4, -0.2) is 57.0 Å². The van der Waals surface area contributed by atoms with Crippen LogP contribution in [-0.2, 0) is 14.6 Å². The number of hydrogen-bond acceptors (Lipinski definition) is 5. The number of rotatable bonds is 3. The third-order valence-corrected chi connectivity index (χ3v) is 6.38. The monoisotopic (exact) mass is 385 g/mol. The Morgan fingerprint density at radius 2 is 2.08 bits per heavy atom. The molecule has 0 N–H and O–H groups in total. The minimum absolute atomic E-state index is 0.0267. The molecule has 2 heterocycles. The predicted octanol–water partition coefficient (Wildman–Crippen LogP) is 2.16. The van der Waals surface area contributed by atoms with E-state index in [9.17, 15) is 13.2 Å². The number of amides is 1. The summed E-state index contributed by atoms with van der Waals surface area (Å²) in [6.45, 7) is 1.10. The maximum Gasteiger partial charge on any atom is 0.246 e. The van der Waals surface area contributed by atoms with Crippen LogP contribution in [0.1, 0.15) is 18.4 Å². The zero-order valence-electron chi connectivity index (χ0n) is 13.9. The van der Waals surface area contributed by atoms with Gasteiger partial charge in [0.15, 0.2) is 21.3 Å². The standard InChI is InChI=1S/C17H20ClNO5S/c1-19(13-5-8-25(21,22)11-13)16(20)4-3-12-9-14(18)17-15(10-12)23-6-2-7-24-17/h3-4,9-10,13H,2,5-8,11H2,1H3/b4-3+/t13-/m1/s1. The van der Waals surface area contributed by atoms with Crippen LogP contribution in [0.4, 0.5) is 0 Å². The van der Waals surface area contributed by atoms with E-state index in [1.807, 2.05) is 0 Å². The van der Waals surface area contributed by atoms with Gasteiger partial charge in [-0.15, -0.1) is 0 Å². The van der Waals surface area contributed by atoms with Crippen molar-refractivity contribution in [2.45, 2.75) is 18.9 Å². The number of nitrogens with zero attached hydrogens (tertiary/aromatic N) is 1. The zero-order chi connectivity index (χ0) is 18.0. The number of sulfone groups is 1. The van der Waals surface area contributed by atoms with E-state index in [1.165, 1.54) is 11.0 Å². The van der Waals surface area contributed by atoms with Crippen molar-refractivity contribution >= 4 is 33.4 Å². The van der Waals surface area contributed by atoms with Gasteiger partial charge in [0.2, 0.25) is 5.91 Å². The molecule has 1 saturated heterocycles. The number of carbonyl (C=O) groups excluding carboxylic acids is 1. The quantitative estimate of drug-likeness (QED) is 0.745. The Hall–Kier alpha value is -1.73. The Labute approximate surface area is 152 Å². The normalized spacial score (nSPS) is 21.9. The number of likely N-dealkylation sites (N-methyl/N-ethyl adjacent to an activating group) is 1. The fourth-order valence-corrected chi connectivity index (χ4v) is 4.94. The van der Waals surface area contributed by atoms with Crippen LogP contribution in [0, 0.1) is 0 Å². The van der Waals surface area contributed by atoms with Gasteiger partial charge in [-0.2, -0.15) is 0 Å². The fourth-order valence-electron chi connectivity index (χ4n) is 2.89. The summed E-state index contributed by atoms with van der Waals surface area (Å²) in [5.41, 5.74) is 0.718. The Balaban J connectivity index is 1.72. The summed E-state index contributed by atoms with van der Waals surface area (Å²) < 4.78 is 34.3. The Bertz CT molecular complexity index is 806. The first kappa shape index (κ1) is 18.1. The van der Waals surface area contributed by atoms with Crippen molar-refractivity contribution in [1.82, 2.24) is 4.90 Å². The van der Waals surface area contributed by atoms with E-state index < -0.39 is 9.84 Å². The van der Waals surface area contributed by atoms with Crippen LogP contribution in [0.25, 0.3) is 6.08 Å². The van der Waals surface area contributed by atoms with E-state index in [1.54, 1.807) is 25.3 Å². The fraction of sp³-hybridized carbons (Fsp3) is 0.471. The van der Waals surface area contributed by atoms with Crippen LogP contribution in [0.15, 0.2) is 18.2 Å². The first-order valence-corrected chi connectivity index (χ1v) is 10.3. The van der Waals surface area contributed by atoms with Crippen molar-refractivity contribution in [3.63, 3.8) is 0 Å². The van der Waals surface area contributed by atoms with Crippen LogP contribution < -0.4 is 9.47 Å². The summed E-state index contributed by atoms with van der Waals surface area (Å²) in [5.74, 6) is 1.00. The second kappa shape index (κ2) is 7.25. The predicted molar refractivity (Wildman–Crippen MR) is 95.9 cm³/mol. The lowest BCUT2D eigenvalue weighted by Gasteiger charge is -2.21. The highest BCUT2D eigenvalue weighted by atomic mass is 35.5. The number of ether oxygens (including phenoxy) is 2. The van der Waals surface area contributed by atoms with Crippen LogP contribution in [0.3, 0.4) is 0 Å². The van der Waals surface area contributed by atoms with Crippen molar-refractivity contribution in [2.24, 2.45) is 0 Å². The summed E-state index contributed by atoms with van der Waals surface area (Å²) in [4.78, 5) is 13.8. The third-order valence-electron chi connectivity index (χ3n) is 4.35. The summed E-state index contributed by atoms with van der Waals surface area (Å²) >= 11 is 6.23. The molecule has 0 aliphatic carbocycles. The van der Waals surface area contributed by atoms with Gasteiger partial charge in [-0.1, -0.05) is 11.6 Å². The van der Waals surface area contributed by atoms with Gasteiger partial charge in [-0.25, -0.2) is 8.42 Å². The molecule has 1 fully saturated rings. The minimum Gasteiger partial charge on any atom is -0.489 e. The Morgan fingerprint density at radius 3 is 2.80 bits per heavy atom. The van der Waals surface area contributed by atoms with Crippen molar-refractivity contribution < 1.29 is 22.7 Å². The van der Waals surface area contributed by atoms with Gasteiger partial charge in [-0.05, 0) is 30.2 Å². The molecule has 2 aliphatic heterocycles. The smallest absolute Gasteiger partial charge is 0.246 e. The van der Waals surface area contributed by atoms with Gasteiger partial charge >= 0.3 is 0 Å². The summed E-state index contributed by atoms with van der Waals surface area (Å²) in [6.07, 6.45) is 4.32. The first-order valence-electron chi connectivity index (χ1n) is 8.10. The van der Waals surface area contributed by atoms with Gasteiger partial charge in [-0.3, -0.25) is 4.79 Å². The number of fused-ring (bicyclic) bond motifs is 1. The van der Waals surface area contributed by atoms with E-state index in [-0.39, 0.29) is 23.5 Å². The van der Waals surface area contributed by atoms with E-state index in [0.29, 0.717) is 36.2 Å². The van der Waals surface area contributed by atoms with E-state index in [4.69, 9.17) is 21.1 Å². The molecule has 0 bridgehead atoms. The molecule has 1 amide bonds. The van der Waals surface area contributed by atoms with Gasteiger partial charge in [0, 0.05) is 25.6 Å². The van der Waals surface area contributed by atoms with Crippen molar-refractivity contribution in [3.05, 3.63) is 28.8 Å². The molecule has 0 saturated carbocycles. The topological polar surface area (TPSA) is 72.9 Å². The molecule has 0 radical (unpaired) electrons. The van der Waals surface area contributed by atoms with Gasteiger partial charge in [0.1, 0.15) is 0 Å².